The van der Waals surface area contributed by atoms with Crippen molar-refractivity contribution in [2.45, 2.75) is 31.9 Å². The maximum atomic E-state index is 13.0. The van der Waals surface area contributed by atoms with Gasteiger partial charge in [0, 0.05) is 5.56 Å². The standard InChI is InChI=1S/C11H11F5/c1-7(2)8-4-3-5-9(6-8)10(12,13)11(14,15)16/h3-7H,1-2H3. The predicted octanol–water partition coefficient (Wildman–Crippen LogP) is 4.46. The molecule has 0 aliphatic heterocycles. The summed E-state index contributed by atoms with van der Waals surface area (Å²) < 4.78 is 62.3. The van der Waals surface area contributed by atoms with Crippen molar-refractivity contribution in [1.29, 1.82) is 0 Å². The number of hydrogen-bond donors (Lipinski definition) is 0. The molecule has 0 aromatic heterocycles. The van der Waals surface area contributed by atoms with E-state index in [1.807, 2.05) is 0 Å². The summed E-state index contributed by atoms with van der Waals surface area (Å²) in [4.78, 5) is 0. The van der Waals surface area contributed by atoms with E-state index in [9.17, 15) is 22.0 Å². The highest BCUT2D eigenvalue weighted by Gasteiger charge is 2.58. The lowest BCUT2D eigenvalue weighted by molar-refractivity contribution is -0.289. The Morgan fingerprint density at radius 2 is 1.56 bits per heavy atom. The van der Waals surface area contributed by atoms with Crippen LogP contribution >= 0.6 is 0 Å². The summed E-state index contributed by atoms with van der Waals surface area (Å²) in [6.07, 6.45) is -5.55. The van der Waals surface area contributed by atoms with E-state index < -0.39 is 17.7 Å². The molecule has 0 spiro atoms. The van der Waals surface area contributed by atoms with Crippen LogP contribution in [0.25, 0.3) is 0 Å². The molecule has 1 aromatic rings. The van der Waals surface area contributed by atoms with Gasteiger partial charge in [-0.05, 0) is 17.5 Å². The summed E-state index contributed by atoms with van der Waals surface area (Å²) in [6, 6.07) is 4.43. The average molecular weight is 238 g/mol. The summed E-state index contributed by atoms with van der Waals surface area (Å²) in [5.41, 5.74) is -0.548. The normalized spacial score (nSPS) is 13.2. The van der Waals surface area contributed by atoms with Crippen molar-refractivity contribution in [1.82, 2.24) is 0 Å². The molecule has 0 nitrogen and oxygen atoms in total. The maximum Gasteiger partial charge on any atom is 0.458 e. The highest BCUT2D eigenvalue weighted by atomic mass is 19.4. The van der Waals surface area contributed by atoms with Crippen LogP contribution in [-0.2, 0) is 5.92 Å². The van der Waals surface area contributed by atoms with Gasteiger partial charge in [-0.25, -0.2) is 0 Å². The molecule has 0 amide bonds. The van der Waals surface area contributed by atoms with Crippen LogP contribution in [0.3, 0.4) is 0 Å². The van der Waals surface area contributed by atoms with Gasteiger partial charge < -0.3 is 0 Å². The van der Waals surface area contributed by atoms with Crippen LogP contribution in [0.4, 0.5) is 22.0 Å². The van der Waals surface area contributed by atoms with Crippen LogP contribution in [0.1, 0.15) is 30.9 Å². The molecular weight excluding hydrogens is 227 g/mol. The first-order valence-corrected chi connectivity index (χ1v) is 4.71. The van der Waals surface area contributed by atoms with E-state index >= 15 is 0 Å². The fourth-order valence-electron chi connectivity index (χ4n) is 1.26. The summed E-state index contributed by atoms with van der Waals surface area (Å²) in [5.74, 6) is -4.89. The topological polar surface area (TPSA) is 0 Å². The van der Waals surface area contributed by atoms with Crippen molar-refractivity contribution in [3.05, 3.63) is 35.4 Å². The second-order valence-corrected chi connectivity index (χ2v) is 3.85. The highest BCUT2D eigenvalue weighted by Crippen LogP contribution is 2.44. The van der Waals surface area contributed by atoms with Gasteiger partial charge in [-0.1, -0.05) is 32.0 Å². The third-order valence-corrected chi connectivity index (χ3v) is 2.27. The van der Waals surface area contributed by atoms with E-state index in [1.54, 1.807) is 13.8 Å². The summed E-state index contributed by atoms with van der Waals surface area (Å²) in [6.45, 7) is 3.45. The molecule has 0 fully saturated rings. The summed E-state index contributed by atoms with van der Waals surface area (Å²) in [5, 5.41) is 0. The van der Waals surface area contributed by atoms with E-state index in [-0.39, 0.29) is 5.92 Å². The van der Waals surface area contributed by atoms with Gasteiger partial charge in [0.2, 0.25) is 0 Å². The number of alkyl halides is 5. The van der Waals surface area contributed by atoms with E-state index in [1.165, 1.54) is 12.1 Å². The van der Waals surface area contributed by atoms with Gasteiger partial charge in [0.25, 0.3) is 0 Å². The van der Waals surface area contributed by atoms with Crippen LogP contribution in [0.5, 0.6) is 0 Å². The van der Waals surface area contributed by atoms with E-state index in [0.29, 0.717) is 5.56 Å². The van der Waals surface area contributed by atoms with Gasteiger partial charge in [0.1, 0.15) is 0 Å². The Labute approximate surface area is 90.1 Å². The van der Waals surface area contributed by atoms with Crippen molar-refractivity contribution in [3.8, 4) is 0 Å². The lowest BCUT2D eigenvalue weighted by atomic mass is 9.98. The van der Waals surface area contributed by atoms with Crippen LogP contribution < -0.4 is 0 Å². The molecule has 16 heavy (non-hydrogen) atoms. The third-order valence-electron chi connectivity index (χ3n) is 2.27. The molecule has 0 aliphatic carbocycles. The Morgan fingerprint density at radius 1 is 1.00 bits per heavy atom. The van der Waals surface area contributed by atoms with Crippen molar-refractivity contribution in [3.63, 3.8) is 0 Å². The smallest absolute Gasteiger partial charge is 0.191 e. The lowest BCUT2D eigenvalue weighted by Crippen LogP contribution is -2.33. The van der Waals surface area contributed by atoms with Gasteiger partial charge in [0.05, 0.1) is 0 Å². The summed E-state index contributed by atoms with van der Waals surface area (Å²) >= 11 is 0. The molecule has 0 atom stereocenters. The van der Waals surface area contributed by atoms with Crippen LogP contribution in [0.2, 0.25) is 0 Å². The first kappa shape index (κ1) is 12.9. The zero-order valence-electron chi connectivity index (χ0n) is 8.78. The summed E-state index contributed by atoms with van der Waals surface area (Å²) in [7, 11) is 0. The number of halogens is 5. The van der Waals surface area contributed by atoms with Crippen LogP contribution in [-0.4, -0.2) is 6.18 Å². The molecule has 0 saturated heterocycles. The van der Waals surface area contributed by atoms with Crippen molar-refractivity contribution in [2.24, 2.45) is 0 Å². The monoisotopic (exact) mass is 238 g/mol. The molecule has 1 aromatic carbocycles. The molecule has 0 heterocycles. The van der Waals surface area contributed by atoms with E-state index in [0.717, 1.165) is 12.1 Å². The van der Waals surface area contributed by atoms with E-state index in [2.05, 4.69) is 0 Å². The molecular formula is C11H11F5. The SMILES string of the molecule is CC(C)c1cccc(C(F)(F)C(F)(F)F)c1. The maximum absolute atomic E-state index is 13.0. The van der Waals surface area contributed by atoms with Crippen LogP contribution in [0.15, 0.2) is 24.3 Å². The van der Waals surface area contributed by atoms with Crippen molar-refractivity contribution >= 4 is 0 Å². The molecule has 0 unspecified atom stereocenters. The molecule has 5 heteroatoms. The largest absolute Gasteiger partial charge is 0.458 e. The lowest BCUT2D eigenvalue weighted by Gasteiger charge is -2.20. The van der Waals surface area contributed by atoms with Gasteiger partial charge in [-0.15, -0.1) is 0 Å². The highest BCUT2D eigenvalue weighted by molar-refractivity contribution is 5.29. The zero-order valence-corrected chi connectivity index (χ0v) is 8.78. The Morgan fingerprint density at radius 3 is 2.00 bits per heavy atom. The van der Waals surface area contributed by atoms with Crippen molar-refractivity contribution in [2.75, 3.05) is 0 Å². The minimum absolute atomic E-state index is 0.0935. The number of rotatable bonds is 2. The molecule has 0 N–H and O–H groups in total. The number of benzene rings is 1. The van der Waals surface area contributed by atoms with Gasteiger partial charge >= 0.3 is 12.1 Å². The molecule has 90 valence electrons. The van der Waals surface area contributed by atoms with Gasteiger partial charge in [0.15, 0.2) is 0 Å². The Kier molecular flexibility index (Phi) is 3.26. The molecule has 1 rings (SSSR count). The third kappa shape index (κ3) is 2.33. The molecule has 0 bridgehead atoms. The minimum atomic E-state index is -5.55. The molecule has 0 saturated carbocycles. The first-order valence-electron chi connectivity index (χ1n) is 4.71. The minimum Gasteiger partial charge on any atom is -0.191 e. The second kappa shape index (κ2) is 4.03. The number of hydrogen-bond acceptors (Lipinski definition) is 0. The predicted molar refractivity (Wildman–Crippen MR) is 50.5 cm³/mol. The van der Waals surface area contributed by atoms with Crippen LogP contribution in [0, 0.1) is 0 Å². The fourth-order valence-corrected chi connectivity index (χ4v) is 1.26. The van der Waals surface area contributed by atoms with Crippen molar-refractivity contribution < 1.29 is 22.0 Å². The Bertz CT molecular complexity index is 365. The van der Waals surface area contributed by atoms with Gasteiger partial charge in [-0.3, -0.25) is 0 Å². The second-order valence-electron chi connectivity index (χ2n) is 3.85. The molecule has 0 aliphatic rings. The van der Waals surface area contributed by atoms with Gasteiger partial charge in [-0.2, -0.15) is 22.0 Å². The Hall–Kier alpha value is -1.13. The van der Waals surface area contributed by atoms with E-state index in [4.69, 9.17) is 0 Å². The zero-order chi connectivity index (χ0) is 12.6. The quantitative estimate of drug-likeness (QED) is 0.667. The first-order chi connectivity index (χ1) is 7.16. The average Bonchev–Trinajstić information content (AvgIpc) is 2.16. The Balaban J connectivity index is 3.19. The fraction of sp³-hybridized carbons (Fsp3) is 0.455. The molecule has 0 radical (unpaired) electrons.